The maximum Gasteiger partial charge on any atom is 0.271 e. The Morgan fingerprint density at radius 3 is 2.53 bits per heavy atom. The Hall–Kier alpha value is -3.87. The van der Waals surface area contributed by atoms with Crippen molar-refractivity contribution in [1.82, 2.24) is 5.43 Å². The minimum Gasteiger partial charge on any atom is -0.493 e. The molecule has 3 aromatic carbocycles. The monoisotopic (exact) mass is 408 g/mol. The van der Waals surface area contributed by atoms with Crippen LogP contribution in [0.15, 0.2) is 71.8 Å². The molecule has 0 aliphatic heterocycles. The van der Waals surface area contributed by atoms with Gasteiger partial charge in [-0.15, -0.1) is 0 Å². The Balaban J connectivity index is 1.65. The molecule has 0 atom stereocenters. The van der Waals surface area contributed by atoms with Crippen LogP contribution in [0.3, 0.4) is 0 Å². The van der Waals surface area contributed by atoms with Crippen molar-refractivity contribution in [3.05, 3.63) is 89.2 Å². The number of rotatable bonds is 8. The first-order valence-corrected chi connectivity index (χ1v) is 9.12. The molecule has 30 heavy (non-hydrogen) atoms. The molecule has 0 spiro atoms. The molecule has 154 valence electrons. The summed E-state index contributed by atoms with van der Waals surface area (Å²) in [5.74, 6) is 0.826. The van der Waals surface area contributed by atoms with Gasteiger partial charge in [0.05, 0.1) is 20.4 Å². The zero-order valence-electron chi connectivity index (χ0n) is 16.6. The lowest BCUT2D eigenvalue weighted by Gasteiger charge is -2.09. The molecule has 0 aliphatic rings. The lowest BCUT2D eigenvalue weighted by Crippen LogP contribution is -2.17. The summed E-state index contributed by atoms with van der Waals surface area (Å²) in [4.78, 5) is 12.3. The van der Waals surface area contributed by atoms with E-state index in [4.69, 9.17) is 14.2 Å². The molecule has 0 unspecified atom stereocenters. The van der Waals surface area contributed by atoms with Crippen LogP contribution in [0, 0.1) is 5.82 Å². The third-order valence-electron chi connectivity index (χ3n) is 4.22. The third-order valence-corrected chi connectivity index (χ3v) is 4.22. The second-order valence-corrected chi connectivity index (χ2v) is 6.23. The summed E-state index contributed by atoms with van der Waals surface area (Å²) >= 11 is 0. The Morgan fingerprint density at radius 1 is 0.967 bits per heavy atom. The molecule has 7 heteroatoms. The van der Waals surface area contributed by atoms with E-state index in [2.05, 4.69) is 10.5 Å². The number of hydrogen-bond acceptors (Lipinski definition) is 5. The second-order valence-electron chi connectivity index (χ2n) is 6.23. The summed E-state index contributed by atoms with van der Waals surface area (Å²) in [6.45, 7) is 0.209. The molecule has 0 saturated heterocycles. The maximum absolute atomic E-state index is 13.3. The highest BCUT2D eigenvalue weighted by molar-refractivity contribution is 5.95. The maximum atomic E-state index is 13.3. The van der Waals surface area contributed by atoms with E-state index < -0.39 is 5.91 Å². The van der Waals surface area contributed by atoms with Crippen LogP contribution in [0.1, 0.15) is 21.5 Å². The van der Waals surface area contributed by atoms with Gasteiger partial charge in [-0.1, -0.05) is 24.3 Å². The molecule has 0 heterocycles. The molecule has 0 radical (unpaired) electrons. The van der Waals surface area contributed by atoms with Crippen LogP contribution >= 0.6 is 0 Å². The van der Waals surface area contributed by atoms with E-state index in [0.717, 1.165) is 0 Å². The third kappa shape index (κ3) is 5.35. The first-order chi connectivity index (χ1) is 14.6. The number of para-hydroxylation sites is 1. The number of ether oxygens (including phenoxy) is 3. The van der Waals surface area contributed by atoms with Crippen molar-refractivity contribution in [1.29, 1.82) is 0 Å². The number of hydrogen-bond donors (Lipinski definition) is 1. The summed E-state index contributed by atoms with van der Waals surface area (Å²) in [5, 5.41) is 4.01. The largest absolute Gasteiger partial charge is 0.493 e. The molecular weight excluding hydrogens is 387 g/mol. The van der Waals surface area contributed by atoms with Gasteiger partial charge in [0, 0.05) is 11.1 Å². The van der Waals surface area contributed by atoms with Crippen molar-refractivity contribution >= 4 is 12.1 Å². The molecule has 1 amide bonds. The predicted octanol–water partition coefficient (Wildman–Crippen LogP) is 4.19. The molecule has 0 bridgehead atoms. The van der Waals surface area contributed by atoms with Crippen LogP contribution in [0.2, 0.25) is 0 Å². The first kappa shape index (κ1) is 20.9. The molecule has 6 nitrogen and oxygen atoms in total. The van der Waals surface area contributed by atoms with E-state index in [1.54, 1.807) is 42.5 Å². The fraction of sp³-hybridized carbons (Fsp3) is 0.130. The van der Waals surface area contributed by atoms with Crippen LogP contribution in [-0.2, 0) is 6.61 Å². The standard InChI is InChI=1S/C23H21FN2O4/c1-28-21-11-10-17(13-22(21)29-2)23(27)26-25-14-18-7-3-4-9-20(18)30-15-16-6-5-8-19(24)12-16/h3-14H,15H2,1-2H3,(H,26,27)/b25-14+. The van der Waals surface area contributed by atoms with Gasteiger partial charge >= 0.3 is 0 Å². The summed E-state index contributed by atoms with van der Waals surface area (Å²) < 4.78 is 29.5. The molecule has 0 fully saturated rings. The van der Waals surface area contributed by atoms with Gasteiger partial charge < -0.3 is 14.2 Å². The van der Waals surface area contributed by atoms with Gasteiger partial charge in [0.25, 0.3) is 5.91 Å². The number of benzene rings is 3. The molecule has 0 aliphatic carbocycles. The van der Waals surface area contributed by atoms with Gasteiger partial charge in [0.15, 0.2) is 11.5 Å². The smallest absolute Gasteiger partial charge is 0.271 e. The first-order valence-electron chi connectivity index (χ1n) is 9.12. The van der Waals surface area contributed by atoms with Gasteiger partial charge in [-0.05, 0) is 48.0 Å². The molecule has 0 aromatic heterocycles. The van der Waals surface area contributed by atoms with Crippen LogP contribution in [0.5, 0.6) is 17.2 Å². The summed E-state index contributed by atoms with van der Waals surface area (Å²) in [7, 11) is 3.02. The fourth-order valence-corrected chi connectivity index (χ4v) is 2.71. The van der Waals surface area contributed by atoms with E-state index >= 15 is 0 Å². The van der Waals surface area contributed by atoms with Crippen LogP contribution < -0.4 is 19.6 Å². The number of methoxy groups -OCH3 is 2. The van der Waals surface area contributed by atoms with Gasteiger partial charge in [-0.3, -0.25) is 4.79 Å². The molecule has 3 aromatic rings. The average Bonchev–Trinajstić information content (AvgIpc) is 2.78. The zero-order chi connectivity index (χ0) is 21.3. The highest BCUT2D eigenvalue weighted by atomic mass is 19.1. The van der Waals surface area contributed by atoms with Crippen LogP contribution in [0.4, 0.5) is 4.39 Å². The number of nitrogens with one attached hydrogen (secondary N) is 1. The average molecular weight is 408 g/mol. The Labute approximate surface area is 173 Å². The van der Waals surface area contributed by atoms with Crippen LogP contribution in [0.25, 0.3) is 0 Å². The number of hydrazone groups is 1. The van der Waals surface area contributed by atoms with Crippen molar-refractivity contribution in [2.75, 3.05) is 14.2 Å². The van der Waals surface area contributed by atoms with Gasteiger partial charge in [0.1, 0.15) is 18.2 Å². The van der Waals surface area contributed by atoms with Crippen molar-refractivity contribution < 1.29 is 23.4 Å². The summed E-state index contributed by atoms with van der Waals surface area (Å²) in [6, 6.07) is 18.3. The van der Waals surface area contributed by atoms with E-state index in [0.29, 0.717) is 33.9 Å². The minimum absolute atomic E-state index is 0.209. The molecule has 3 rings (SSSR count). The topological polar surface area (TPSA) is 69.2 Å². The Kier molecular flexibility index (Phi) is 7.00. The molecule has 0 saturated carbocycles. The van der Waals surface area contributed by atoms with E-state index in [-0.39, 0.29) is 12.4 Å². The van der Waals surface area contributed by atoms with E-state index in [9.17, 15) is 9.18 Å². The zero-order valence-corrected chi connectivity index (χ0v) is 16.6. The van der Waals surface area contributed by atoms with Crippen molar-refractivity contribution in [3.63, 3.8) is 0 Å². The minimum atomic E-state index is -0.398. The van der Waals surface area contributed by atoms with Crippen LogP contribution in [-0.4, -0.2) is 26.3 Å². The van der Waals surface area contributed by atoms with Gasteiger partial charge in [-0.2, -0.15) is 5.10 Å². The van der Waals surface area contributed by atoms with Crippen molar-refractivity contribution in [2.24, 2.45) is 5.10 Å². The predicted molar refractivity (Wildman–Crippen MR) is 112 cm³/mol. The highest BCUT2D eigenvalue weighted by Gasteiger charge is 2.10. The lowest BCUT2D eigenvalue weighted by atomic mass is 10.2. The number of nitrogens with zero attached hydrogens (tertiary/aromatic N) is 1. The highest BCUT2D eigenvalue weighted by Crippen LogP contribution is 2.27. The summed E-state index contributed by atoms with van der Waals surface area (Å²) in [5.41, 5.74) is 4.23. The van der Waals surface area contributed by atoms with Crippen molar-refractivity contribution in [3.8, 4) is 17.2 Å². The SMILES string of the molecule is COc1ccc(C(=O)N/N=C/c2ccccc2OCc2cccc(F)c2)cc1OC. The number of amides is 1. The summed E-state index contributed by atoms with van der Waals surface area (Å²) in [6.07, 6.45) is 1.49. The quantitative estimate of drug-likeness (QED) is 0.448. The van der Waals surface area contributed by atoms with E-state index in [1.807, 2.05) is 12.1 Å². The van der Waals surface area contributed by atoms with Gasteiger partial charge in [0.2, 0.25) is 0 Å². The van der Waals surface area contributed by atoms with Gasteiger partial charge in [-0.25, -0.2) is 9.82 Å². The Bertz CT molecular complexity index is 1050. The molecule has 1 N–H and O–H groups in total. The van der Waals surface area contributed by atoms with Crippen molar-refractivity contribution in [2.45, 2.75) is 6.61 Å². The molecular formula is C23H21FN2O4. The van der Waals surface area contributed by atoms with E-state index in [1.165, 1.54) is 32.6 Å². The second kappa shape index (κ2) is 10.1. The lowest BCUT2D eigenvalue weighted by molar-refractivity contribution is 0.0954. The normalized spacial score (nSPS) is 10.6. The fourth-order valence-electron chi connectivity index (χ4n) is 2.71. The number of carbonyl (C=O) groups excluding carboxylic acids is 1. The number of carbonyl (C=O) groups is 1. The Morgan fingerprint density at radius 2 is 1.77 bits per heavy atom. The number of halogens is 1.